The summed E-state index contributed by atoms with van der Waals surface area (Å²) < 4.78 is 0. The van der Waals surface area contributed by atoms with Crippen molar-refractivity contribution in [2.75, 3.05) is 0 Å². The number of hydrogen-bond acceptors (Lipinski definition) is 0. The van der Waals surface area contributed by atoms with Crippen LogP contribution in [0, 0.1) is 6.42 Å². The van der Waals surface area contributed by atoms with Crippen molar-refractivity contribution in [3.63, 3.8) is 0 Å². The summed E-state index contributed by atoms with van der Waals surface area (Å²) in [7, 11) is 0. The van der Waals surface area contributed by atoms with E-state index in [4.69, 9.17) is 0 Å². The Morgan fingerprint density at radius 1 is 1.08 bits per heavy atom. The molecule has 0 radical (unpaired) electrons. The fourth-order valence-electron chi connectivity index (χ4n) is 1.59. The Morgan fingerprint density at radius 3 is 2.58 bits per heavy atom. The second-order valence-electron chi connectivity index (χ2n) is 3.23. The zero-order chi connectivity index (χ0) is 8.23. The molecule has 0 atom stereocenters. The lowest BCUT2D eigenvalue weighted by Crippen LogP contribution is -1.82. The second-order valence-corrected chi connectivity index (χ2v) is 3.23. The molecular weight excluding hydrogens is 144 g/mol. The molecule has 0 aromatic heterocycles. The predicted octanol–water partition coefficient (Wildman–Crippen LogP) is 3.35. The fourth-order valence-corrected chi connectivity index (χ4v) is 1.59. The molecule has 0 spiro atoms. The van der Waals surface area contributed by atoms with E-state index in [2.05, 4.69) is 42.8 Å². The van der Waals surface area contributed by atoms with Gasteiger partial charge in [-0.25, -0.2) is 0 Å². The summed E-state index contributed by atoms with van der Waals surface area (Å²) in [6, 6.07) is 10.5. The van der Waals surface area contributed by atoms with Crippen LogP contribution in [0.2, 0.25) is 0 Å². The average molecular weight is 157 g/mol. The first-order valence-electron chi connectivity index (χ1n) is 4.54. The number of hydrogen-bond donors (Lipinski definition) is 0. The highest BCUT2D eigenvalue weighted by atomic mass is 14.1. The lowest BCUT2D eigenvalue weighted by molar-refractivity contribution is 0.911. The molecule has 0 saturated heterocycles. The van der Waals surface area contributed by atoms with Gasteiger partial charge in [-0.3, -0.25) is 0 Å². The second kappa shape index (κ2) is 3.48. The first-order chi connectivity index (χ1) is 5.95. The Balaban J connectivity index is 2.04. The minimum atomic E-state index is 1.26. The van der Waals surface area contributed by atoms with Crippen LogP contribution in [0.1, 0.15) is 24.8 Å². The molecule has 2 rings (SSSR count). The smallest absolute Gasteiger partial charge is 0.0425 e. The van der Waals surface area contributed by atoms with E-state index in [1.165, 1.54) is 30.4 Å². The Kier molecular flexibility index (Phi) is 2.17. The van der Waals surface area contributed by atoms with Crippen molar-refractivity contribution in [2.24, 2.45) is 0 Å². The van der Waals surface area contributed by atoms with E-state index in [1.807, 2.05) is 0 Å². The van der Waals surface area contributed by atoms with Crippen LogP contribution in [0.3, 0.4) is 0 Å². The van der Waals surface area contributed by atoms with E-state index in [9.17, 15) is 0 Å². The molecule has 1 aromatic rings. The number of rotatable bonds is 2. The predicted molar refractivity (Wildman–Crippen MR) is 51.8 cm³/mol. The molecule has 0 heterocycles. The highest BCUT2D eigenvalue weighted by Gasteiger charge is 2.10. The lowest BCUT2D eigenvalue weighted by atomic mass is 10.1. The Bertz CT molecular complexity index is 269. The molecule has 0 N–H and O–H groups in total. The molecule has 0 saturated carbocycles. The molecule has 0 nitrogen and oxygen atoms in total. The molecule has 0 aliphatic heterocycles. The highest BCUT2D eigenvalue weighted by Crippen LogP contribution is 2.22. The van der Waals surface area contributed by atoms with Gasteiger partial charge in [-0.15, -0.1) is 0 Å². The van der Waals surface area contributed by atoms with Crippen molar-refractivity contribution in [3.8, 4) is 0 Å². The Labute approximate surface area is 73.9 Å². The molecule has 1 aliphatic rings. The minimum absolute atomic E-state index is 1.26. The zero-order valence-corrected chi connectivity index (χ0v) is 7.16. The normalized spacial score (nSPS) is 15.8. The van der Waals surface area contributed by atoms with E-state index in [1.54, 1.807) is 0 Å². The van der Waals surface area contributed by atoms with Crippen molar-refractivity contribution in [3.05, 3.63) is 54.0 Å². The van der Waals surface area contributed by atoms with E-state index in [0.29, 0.717) is 0 Å². The molecule has 1 aliphatic carbocycles. The van der Waals surface area contributed by atoms with Gasteiger partial charge < -0.3 is 0 Å². The van der Waals surface area contributed by atoms with E-state index in [-0.39, 0.29) is 0 Å². The topological polar surface area (TPSA) is 0 Å². The van der Waals surface area contributed by atoms with Gasteiger partial charge in [-0.2, -0.15) is 0 Å². The summed E-state index contributed by atoms with van der Waals surface area (Å²) in [6.07, 6.45) is 8.48. The summed E-state index contributed by atoms with van der Waals surface area (Å²) in [6.45, 7) is 0. The minimum Gasteiger partial charge on any atom is -0.0425 e. The van der Waals surface area contributed by atoms with Crippen molar-refractivity contribution in [1.82, 2.24) is 0 Å². The maximum Gasteiger partial charge on any atom is 0.0954 e. The standard InChI is InChI=1S/C12H13/c1-2-6-11(7-3-1)10-12-8-4-5-9-12/h1-3,6-8,10H,4-5,9H2/q+1. The van der Waals surface area contributed by atoms with E-state index >= 15 is 0 Å². The summed E-state index contributed by atoms with van der Waals surface area (Å²) >= 11 is 0. The Hall–Kier alpha value is -1.17. The quantitative estimate of drug-likeness (QED) is 0.577. The number of allylic oxidation sites excluding steroid dienone is 2. The van der Waals surface area contributed by atoms with Gasteiger partial charge in [0.05, 0.1) is 5.56 Å². The molecule has 0 heteroatoms. The lowest BCUT2D eigenvalue weighted by Gasteiger charge is -1.93. The fraction of sp³-hybridized carbons (Fsp3) is 0.250. The summed E-state index contributed by atoms with van der Waals surface area (Å²) in [4.78, 5) is 0. The third-order valence-electron chi connectivity index (χ3n) is 2.23. The highest BCUT2D eigenvalue weighted by molar-refractivity contribution is 5.34. The van der Waals surface area contributed by atoms with Crippen LogP contribution in [0.15, 0.2) is 42.0 Å². The average Bonchev–Trinajstić information content (AvgIpc) is 2.59. The largest absolute Gasteiger partial charge is 0.0954 e. The van der Waals surface area contributed by atoms with Crippen molar-refractivity contribution in [1.29, 1.82) is 0 Å². The van der Waals surface area contributed by atoms with E-state index in [0.717, 1.165) is 0 Å². The van der Waals surface area contributed by atoms with Crippen LogP contribution in [0.5, 0.6) is 0 Å². The Morgan fingerprint density at radius 2 is 1.92 bits per heavy atom. The van der Waals surface area contributed by atoms with Crippen molar-refractivity contribution >= 4 is 0 Å². The van der Waals surface area contributed by atoms with Gasteiger partial charge in [0, 0.05) is 24.1 Å². The van der Waals surface area contributed by atoms with Crippen LogP contribution >= 0.6 is 0 Å². The molecule has 0 unspecified atom stereocenters. The van der Waals surface area contributed by atoms with Crippen molar-refractivity contribution in [2.45, 2.75) is 19.3 Å². The molecule has 0 fully saturated rings. The summed E-state index contributed by atoms with van der Waals surface area (Å²) in [5, 5.41) is 0. The van der Waals surface area contributed by atoms with Crippen LogP contribution in [0.4, 0.5) is 0 Å². The molecular formula is C12H13+. The summed E-state index contributed by atoms with van der Waals surface area (Å²) in [5.74, 6) is 0. The third kappa shape index (κ3) is 1.70. The van der Waals surface area contributed by atoms with Gasteiger partial charge in [0.1, 0.15) is 0 Å². The first kappa shape index (κ1) is 7.48. The van der Waals surface area contributed by atoms with Gasteiger partial charge >= 0.3 is 0 Å². The van der Waals surface area contributed by atoms with Gasteiger partial charge in [0.2, 0.25) is 0 Å². The van der Waals surface area contributed by atoms with Crippen LogP contribution in [-0.2, 0) is 0 Å². The van der Waals surface area contributed by atoms with Gasteiger partial charge in [0.25, 0.3) is 0 Å². The molecule has 1 aromatic carbocycles. The van der Waals surface area contributed by atoms with Crippen LogP contribution in [-0.4, -0.2) is 0 Å². The maximum atomic E-state index is 2.34. The molecule has 12 heavy (non-hydrogen) atoms. The van der Waals surface area contributed by atoms with Gasteiger partial charge in [-0.05, 0) is 43.5 Å². The van der Waals surface area contributed by atoms with E-state index < -0.39 is 0 Å². The monoisotopic (exact) mass is 157 g/mol. The third-order valence-corrected chi connectivity index (χ3v) is 2.23. The molecule has 60 valence electrons. The van der Waals surface area contributed by atoms with Crippen LogP contribution < -0.4 is 0 Å². The summed E-state index contributed by atoms with van der Waals surface area (Å²) in [5.41, 5.74) is 2.83. The van der Waals surface area contributed by atoms with Gasteiger partial charge in [0.15, 0.2) is 0 Å². The first-order valence-corrected chi connectivity index (χ1v) is 4.54. The van der Waals surface area contributed by atoms with Crippen LogP contribution in [0.25, 0.3) is 0 Å². The molecule has 0 bridgehead atoms. The van der Waals surface area contributed by atoms with Gasteiger partial charge in [-0.1, -0.05) is 0 Å². The molecule has 0 amide bonds. The van der Waals surface area contributed by atoms with Crippen molar-refractivity contribution < 1.29 is 0 Å². The number of benzene rings is 1. The SMILES string of the molecule is C1=C([CH+]c2ccccc2)CCC1. The maximum absolute atomic E-state index is 2.34. The zero-order valence-electron chi connectivity index (χ0n) is 7.16.